The van der Waals surface area contributed by atoms with Crippen LogP contribution in [0.4, 0.5) is 0 Å². The predicted molar refractivity (Wildman–Crippen MR) is 342 cm³/mol. The van der Waals surface area contributed by atoms with E-state index in [-0.39, 0.29) is 19.4 Å². The normalized spacial score (nSPS) is 19.2. The molecule has 0 radical (unpaired) electrons. The molecule has 1 heterocycles. The summed E-state index contributed by atoms with van der Waals surface area (Å²) in [4.78, 5) is 26.6. The van der Waals surface area contributed by atoms with Gasteiger partial charge in [-0.25, -0.2) is 0 Å². The van der Waals surface area contributed by atoms with Crippen LogP contribution in [0.2, 0.25) is 0 Å². The molecule has 11 nitrogen and oxygen atoms in total. The van der Waals surface area contributed by atoms with Crippen LogP contribution in [0.25, 0.3) is 0 Å². The third kappa shape index (κ3) is 45.0. The molecule has 0 spiro atoms. The third-order valence-electron chi connectivity index (χ3n) is 15.2. The lowest BCUT2D eigenvalue weighted by Crippen LogP contribution is -2.61. The van der Waals surface area contributed by atoms with Crippen LogP contribution in [0.5, 0.6) is 0 Å². The lowest BCUT2D eigenvalue weighted by atomic mass is 9.99. The Bertz CT molecular complexity index is 1700. The summed E-state index contributed by atoms with van der Waals surface area (Å²) < 4.78 is 17.6. The Hall–Kier alpha value is -3.42. The zero-order valence-electron chi connectivity index (χ0n) is 52.3. The number of esters is 1. The minimum absolute atomic E-state index is 0.0934. The van der Waals surface area contributed by atoms with Gasteiger partial charge in [-0.15, -0.1) is 0 Å². The van der Waals surface area contributed by atoms with Gasteiger partial charge in [0.05, 0.1) is 25.4 Å². The largest absolute Gasteiger partial charge is 0.454 e. The molecule has 82 heavy (non-hydrogen) atoms. The van der Waals surface area contributed by atoms with Crippen LogP contribution in [0.15, 0.2) is 97.2 Å². The quantitative estimate of drug-likeness (QED) is 0.0195. The van der Waals surface area contributed by atoms with Gasteiger partial charge in [0, 0.05) is 6.42 Å². The number of hydrogen-bond acceptors (Lipinski definition) is 10. The number of amides is 1. The molecular weight excluding hydrogens is 1030 g/mol. The first-order chi connectivity index (χ1) is 40.2. The van der Waals surface area contributed by atoms with Crippen molar-refractivity contribution in [3.63, 3.8) is 0 Å². The molecule has 1 aliphatic rings. The molecular formula is C71H123NO10. The van der Waals surface area contributed by atoms with Gasteiger partial charge in [-0.05, 0) is 109 Å². The molecule has 8 atom stereocenters. The van der Waals surface area contributed by atoms with Gasteiger partial charge in [0.2, 0.25) is 5.91 Å². The van der Waals surface area contributed by atoms with Gasteiger partial charge in [0.1, 0.15) is 24.4 Å². The van der Waals surface area contributed by atoms with Crippen molar-refractivity contribution in [3.8, 4) is 0 Å². The van der Waals surface area contributed by atoms with Crippen LogP contribution in [0.1, 0.15) is 278 Å². The molecule has 1 saturated heterocycles. The second kappa shape index (κ2) is 58.0. The Morgan fingerprint density at radius 2 is 0.841 bits per heavy atom. The summed E-state index contributed by atoms with van der Waals surface area (Å²) in [6.45, 7) is 5.72. The van der Waals surface area contributed by atoms with Crippen molar-refractivity contribution in [2.45, 2.75) is 327 Å². The standard InChI is InChI=1S/C71H123NO10/c1-4-7-10-13-16-19-22-25-27-29-30-31-32-33-34-35-37-38-40-43-46-49-52-55-58-64(75)70(79)72-62(63(74)57-54-51-48-45-42-24-21-18-15-12-9-6-3)61-80-71-69(68(78)67(77)65(60-73)81-71)82-66(76)59-56-53-50-47-44-41-39-36-28-26-23-20-17-14-11-8-5-2/h16-17,19-20,25-28,30-31,33-34,39,41,54,57,62-65,67-69,71,73-75,77-78H,4-15,18,21-24,29,32,35-38,40,42-53,55-56,58-61H2,1-3H3,(H,72,79)/b19-16-,20-17-,27-25-,28-26-,31-30-,34-33-,41-39-,57-54+. The van der Waals surface area contributed by atoms with Crippen molar-refractivity contribution in [2.24, 2.45) is 0 Å². The first kappa shape index (κ1) is 76.6. The number of ether oxygens (including phenoxy) is 3. The summed E-state index contributed by atoms with van der Waals surface area (Å²) in [5, 5.41) is 57.1. The molecule has 0 aromatic carbocycles. The summed E-state index contributed by atoms with van der Waals surface area (Å²) in [5.74, 6) is -1.23. The first-order valence-corrected chi connectivity index (χ1v) is 33.5. The Labute approximate surface area is 501 Å². The van der Waals surface area contributed by atoms with E-state index in [0.717, 1.165) is 109 Å². The predicted octanol–water partition coefficient (Wildman–Crippen LogP) is 16.7. The number of aliphatic hydroxyl groups is 5. The monoisotopic (exact) mass is 1150 g/mol. The summed E-state index contributed by atoms with van der Waals surface area (Å²) >= 11 is 0. The molecule has 1 amide bonds. The molecule has 0 aliphatic carbocycles. The maximum Gasteiger partial charge on any atom is 0.306 e. The topological polar surface area (TPSA) is 175 Å². The van der Waals surface area contributed by atoms with Crippen LogP contribution >= 0.6 is 0 Å². The van der Waals surface area contributed by atoms with E-state index in [2.05, 4.69) is 111 Å². The van der Waals surface area contributed by atoms with Gasteiger partial charge in [-0.3, -0.25) is 9.59 Å². The SMILES string of the molecule is CCCCC/C=C\C/C=C\C/C=C\C/C=C\CCCCCCCCCCC(O)C(=O)NC(COC1OC(CO)C(O)C(O)C1OC(=O)CCCCCC/C=C\C/C=C\C/C=C\CCCCC)C(O)/C=C/CCCCCCCCCCCC. The minimum Gasteiger partial charge on any atom is -0.454 e. The van der Waals surface area contributed by atoms with Crippen LogP contribution in [0.3, 0.4) is 0 Å². The molecule has 11 heteroatoms. The minimum atomic E-state index is -1.63. The lowest BCUT2D eigenvalue weighted by Gasteiger charge is -2.41. The van der Waals surface area contributed by atoms with E-state index >= 15 is 0 Å². The molecule has 1 aliphatic heterocycles. The summed E-state index contributed by atoms with van der Waals surface area (Å²) in [6, 6.07) is -1.04. The second-order valence-electron chi connectivity index (χ2n) is 22.8. The molecule has 0 bridgehead atoms. The summed E-state index contributed by atoms with van der Waals surface area (Å²) in [5.41, 5.74) is 0. The summed E-state index contributed by atoms with van der Waals surface area (Å²) in [7, 11) is 0. The molecule has 0 aromatic rings. The smallest absolute Gasteiger partial charge is 0.306 e. The van der Waals surface area contributed by atoms with Crippen molar-refractivity contribution in [1.29, 1.82) is 0 Å². The van der Waals surface area contributed by atoms with Crippen LogP contribution in [-0.4, -0.2) is 99.6 Å². The van der Waals surface area contributed by atoms with Crippen LogP contribution < -0.4 is 5.32 Å². The number of aliphatic hydroxyl groups excluding tert-OH is 5. The van der Waals surface area contributed by atoms with Gasteiger partial charge in [-0.1, -0.05) is 259 Å². The average molecular weight is 1150 g/mol. The summed E-state index contributed by atoms with van der Waals surface area (Å²) in [6.07, 6.45) is 67.2. The van der Waals surface area contributed by atoms with Crippen molar-refractivity contribution in [3.05, 3.63) is 97.2 Å². The van der Waals surface area contributed by atoms with E-state index in [9.17, 15) is 35.1 Å². The van der Waals surface area contributed by atoms with E-state index in [1.807, 2.05) is 6.08 Å². The van der Waals surface area contributed by atoms with Gasteiger partial charge in [0.15, 0.2) is 12.4 Å². The molecule has 1 fully saturated rings. The highest BCUT2D eigenvalue weighted by Crippen LogP contribution is 2.26. The Kier molecular flexibility index (Phi) is 54.2. The Balaban J connectivity index is 2.64. The van der Waals surface area contributed by atoms with E-state index < -0.39 is 67.4 Å². The number of carbonyl (C=O) groups is 2. The van der Waals surface area contributed by atoms with Gasteiger partial charge in [0.25, 0.3) is 0 Å². The molecule has 0 aromatic heterocycles. The fraction of sp³-hybridized carbons (Fsp3) is 0.746. The fourth-order valence-electron chi connectivity index (χ4n) is 9.88. The molecule has 8 unspecified atom stereocenters. The Morgan fingerprint density at radius 1 is 0.476 bits per heavy atom. The molecule has 0 saturated carbocycles. The van der Waals surface area contributed by atoms with E-state index in [1.54, 1.807) is 6.08 Å². The first-order valence-electron chi connectivity index (χ1n) is 33.5. The van der Waals surface area contributed by atoms with Crippen LogP contribution in [0, 0.1) is 0 Å². The highest BCUT2D eigenvalue weighted by atomic mass is 16.7. The van der Waals surface area contributed by atoms with E-state index in [1.165, 1.54) is 122 Å². The Morgan fingerprint density at radius 3 is 1.28 bits per heavy atom. The number of unbranched alkanes of at least 4 members (excludes halogenated alkanes) is 28. The number of nitrogens with one attached hydrogen (secondary N) is 1. The molecule has 1 rings (SSSR count). The highest BCUT2D eigenvalue weighted by Gasteiger charge is 2.47. The van der Waals surface area contributed by atoms with Crippen molar-refractivity contribution in [1.82, 2.24) is 5.32 Å². The lowest BCUT2D eigenvalue weighted by molar-refractivity contribution is -0.305. The zero-order chi connectivity index (χ0) is 59.6. The van der Waals surface area contributed by atoms with E-state index in [4.69, 9.17) is 14.2 Å². The maximum absolute atomic E-state index is 13.5. The van der Waals surface area contributed by atoms with Crippen molar-refractivity contribution < 1.29 is 49.3 Å². The third-order valence-corrected chi connectivity index (χ3v) is 15.2. The fourth-order valence-corrected chi connectivity index (χ4v) is 9.88. The van der Waals surface area contributed by atoms with Gasteiger partial charge >= 0.3 is 5.97 Å². The zero-order valence-corrected chi connectivity index (χ0v) is 52.3. The van der Waals surface area contributed by atoms with E-state index in [0.29, 0.717) is 12.8 Å². The maximum atomic E-state index is 13.5. The number of allylic oxidation sites excluding steroid dienone is 15. The van der Waals surface area contributed by atoms with Crippen LogP contribution in [-0.2, 0) is 23.8 Å². The second-order valence-corrected chi connectivity index (χ2v) is 22.8. The highest BCUT2D eigenvalue weighted by molar-refractivity contribution is 5.80. The number of rotatable bonds is 56. The van der Waals surface area contributed by atoms with Gasteiger partial charge in [-0.2, -0.15) is 0 Å². The molecule has 6 N–H and O–H groups in total. The van der Waals surface area contributed by atoms with Crippen molar-refractivity contribution in [2.75, 3.05) is 13.2 Å². The number of hydrogen-bond donors (Lipinski definition) is 6. The number of carbonyl (C=O) groups excluding carboxylic acids is 2. The van der Waals surface area contributed by atoms with Gasteiger partial charge < -0.3 is 45.1 Å². The molecule has 472 valence electrons. The average Bonchev–Trinajstić information content (AvgIpc) is 3.68. The van der Waals surface area contributed by atoms with Crippen molar-refractivity contribution >= 4 is 11.9 Å².